The maximum absolute atomic E-state index is 10.8. The second-order valence-electron chi connectivity index (χ2n) is 5.83. The van der Waals surface area contributed by atoms with Gasteiger partial charge in [-0.15, -0.1) is 0 Å². The van der Waals surface area contributed by atoms with Gasteiger partial charge in [-0.3, -0.25) is 4.55 Å². The summed E-state index contributed by atoms with van der Waals surface area (Å²) in [6.45, 7) is -0.617. The topological polar surface area (TPSA) is 175 Å². The van der Waals surface area contributed by atoms with Crippen molar-refractivity contribution in [2.24, 2.45) is 5.16 Å². The molecule has 0 unspecified atom stereocenters. The highest BCUT2D eigenvalue weighted by Gasteiger charge is 2.44. The van der Waals surface area contributed by atoms with Gasteiger partial charge in [-0.1, -0.05) is 29.1 Å². The van der Waals surface area contributed by atoms with E-state index in [-0.39, 0.29) is 11.5 Å². The van der Waals surface area contributed by atoms with Gasteiger partial charge in [0.25, 0.3) is 0 Å². The summed E-state index contributed by atoms with van der Waals surface area (Å²) in [6, 6.07) is 6.68. The minimum Gasteiger partial charge on any atom is -0.497 e. The number of aliphatic hydroxyl groups is 4. The first-order chi connectivity index (χ1) is 13.1. The molecule has 0 amide bonds. The van der Waals surface area contributed by atoms with Crippen molar-refractivity contribution in [3.05, 3.63) is 29.8 Å². The van der Waals surface area contributed by atoms with Gasteiger partial charge in [-0.25, -0.2) is 4.28 Å². The van der Waals surface area contributed by atoms with Gasteiger partial charge in [0.1, 0.15) is 40.6 Å². The van der Waals surface area contributed by atoms with E-state index in [0.29, 0.717) is 23.1 Å². The number of benzene rings is 1. The number of ether oxygens (including phenoxy) is 2. The van der Waals surface area contributed by atoms with Gasteiger partial charge in [0, 0.05) is 6.42 Å². The maximum Gasteiger partial charge on any atom is 0.466 e. The van der Waals surface area contributed by atoms with Crippen molar-refractivity contribution in [3.63, 3.8) is 0 Å². The van der Waals surface area contributed by atoms with Crippen molar-refractivity contribution >= 4 is 27.2 Å². The summed E-state index contributed by atoms with van der Waals surface area (Å²) >= 11 is 0.708. The molecule has 13 heteroatoms. The summed E-state index contributed by atoms with van der Waals surface area (Å²) in [7, 11) is -3.37. The summed E-state index contributed by atoms with van der Waals surface area (Å²) in [5.41, 5.74) is -0.534. The third kappa shape index (κ3) is 6.28. The van der Waals surface area contributed by atoms with E-state index in [9.17, 15) is 28.8 Å². The van der Waals surface area contributed by atoms with Crippen LogP contribution in [0.25, 0.3) is 0 Å². The van der Waals surface area contributed by atoms with E-state index in [1.807, 2.05) is 0 Å². The van der Waals surface area contributed by atoms with E-state index in [1.54, 1.807) is 24.3 Å². The van der Waals surface area contributed by atoms with Gasteiger partial charge >= 0.3 is 10.4 Å². The Morgan fingerprint density at radius 2 is 1.82 bits per heavy atom. The number of nitrogens with zero attached hydrogens (tertiary/aromatic N) is 1. The summed E-state index contributed by atoms with van der Waals surface area (Å²) in [6.07, 6.45) is -5.81. The van der Waals surface area contributed by atoms with Crippen LogP contribution in [0.5, 0.6) is 5.75 Å². The van der Waals surface area contributed by atoms with Gasteiger partial charge in [-0.2, -0.15) is 8.42 Å². The smallest absolute Gasteiger partial charge is 0.466 e. The Kier molecular flexibility index (Phi) is 8.03. The zero-order valence-electron chi connectivity index (χ0n) is 14.7. The lowest BCUT2D eigenvalue weighted by Crippen LogP contribution is -2.57. The highest BCUT2D eigenvalue weighted by atomic mass is 32.3. The molecule has 1 aromatic rings. The summed E-state index contributed by atoms with van der Waals surface area (Å²) in [4.78, 5) is 0. The molecule has 0 bridgehead atoms. The van der Waals surface area contributed by atoms with E-state index >= 15 is 0 Å². The molecule has 28 heavy (non-hydrogen) atoms. The van der Waals surface area contributed by atoms with Gasteiger partial charge in [0.05, 0.1) is 13.7 Å². The van der Waals surface area contributed by atoms with E-state index < -0.39 is 46.9 Å². The maximum atomic E-state index is 10.8. The monoisotopic (exact) mass is 439 g/mol. The number of thioether (sulfide) groups is 1. The largest absolute Gasteiger partial charge is 0.497 e. The van der Waals surface area contributed by atoms with E-state index in [1.165, 1.54) is 7.11 Å². The standard InChI is InChI=1S/C15H21NO10S2/c1-24-9-4-2-8(3-5-9)6-11(16-26-28(21,22)23)27-15-14(20)13(19)12(18)10(7-17)25-15/h2-5,10,12-15,17-20H,6-7H2,1H3,(H,21,22,23)/b16-11+/t10-,12-,13+,14-,15-/m1/s1. The van der Waals surface area contributed by atoms with Gasteiger partial charge in [0.15, 0.2) is 0 Å². The number of rotatable bonds is 7. The van der Waals surface area contributed by atoms with Crippen molar-refractivity contribution in [1.82, 2.24) is 0 Å². The second kappa shape index (κ2) is 9.84. The Morgan fingerprint density at radius 1 is 1.18 bits per heavy atom. The number of oxime groups is 1. The fourth-order valence-electron chi connectivity index (χ4n) is 2.40. The van der Waals surface area contributed by atoms with E-state index in [0.717, 1.165) is 0 Å². The van der Waals surface area contributed by atoms with Gasteiger partial charge in [-0.05, 0) is 17.7 Å². The van der Waals surface area contributed by atoms with Crippen LogP contribution in [0.1, 0.15) is 5.56 Å². The van der Waals surface area contributed by atoms with Crippen molar-refractivity contribution in [3.8, 4) is 5.75 Å². The van der Waals surface area contributed by atoms with Crippen LogP contribution in [0.2, 0.25) is 0 Å². The second-order valence-corrected chi connectivity index (χ2v) is 8.00. The van der Waals surface area contributed by atoms with Gasteiger partial charge in [0.2, 0.25) is 0 Å². The van der Waals surface area contributed by atoms with E-state index in [2.05, 4.69) is 9.44 Å². The van der Waals surface area contributed by atoms with Crippen LogP contribution < -0.4 is 4.74 Å². The van der Waals surface area contributed by atoms with Crippen LogP contribution in [0.3, 0.4) is 0 Å². The molecule has 5 atom stereocenters. The summed E-state index contributed by atoms with van der Waals surface area (Å²) < 4.78 is 44.9. The van der Waals surface area contributed by atoms with Crippen LogP contribution >= 0.6 is 11.8 Å². The summed E-state index contributed by atoms with van der Waals surface area (Å²) in [5.74, 6) is 0.595. The number of methoxy groups -OCH3 is 1. The fraction of sp³-hybridized carbons (Fsp3) is 0.533. The highest BCUT2D eigenvalue weighted by Crippen LogP contribution is 2.30. The van der Waals surface area contributed by atoms with Crippen molar-refractivity contribution in [1.29, 1.82) is 0 Å². The highest BCUT2D eigenvalue weighted by molar-refractivity contribution is 8.14. The Hall–Kier alpha value is -1.45. The lowest BCUT2D eigenvalue weighted by molar-refractivity contribution is -0.205. The minimum atomic E-state index is -4.86. The normalized spacial score (nSPS) is 28.8. The fourth-order valence-corrected chi connectivity index (χ4v) is 3.73. The van der Waals surface area contributed by atoms with Gasteiger partial charge < -0.3 is 29.9 Å². The van der Waals surface area contributed by atoms with Crippen molar-refractivity contribution < 1.29 is 47.2 Å². The molecule has 1 fully saturated rings. The molecule has 0 aliphatic carbocycles. The zero-order valence-corrected chi connectivity index (χ0v) is 16.3. The van der Waals surface area contributed by atoms with Crippen LogP contribution in [-0.4, -0.2) is 82.0 Å². The minimum absolute atomic E-state index is 0.0212. The van der Waals surface area contributed by atoms with Crippen LogP contribution in [-0.2, 0) is 25.8 Å². The molecule has 0 radical (unpaired) electrons. The molecule has 1 aromatic carbocycles. The predicted molar refractivity (Wildman–Crippen MR) is 98.1 cm³/mol. The lowest BCUT2D eigenvalue weighted by atomic mass is 10.0. The first-order valence-electron chi connectivity index (χ1n) is 7.97. The Labute approximate surface area is 165 Å². The average Bonchev–Trinajstić information content (AvgIpc) is 2.66. The van der Waals surface area contributed by atoms with E-state index in [4.69, 9.17) is 14.0 Å². The third-order valence-corrected chi connectivity index (χ3v) is 5.22. The Morgan fingerprint density at radius 3 is 2.36 bits per heavy atom. The molecule has 0 spiro atoms. The quantitative estimate of drug-likeness (QED) is 0.151. The Bertz CT molecular complexity index is 768. The number of aliphatic hydroxyl groups excluding tert-OH is 4. The molecular formula is C15H21NO10S2. The zero-order chi connectivity index (χ0) is 20.9. The molecular weight excluding hydrogens is 418 g/mol. The molecule has 158 valence electrons. The molecule has 2 rings (SSSR count). The summed E-state index contributed by atoms with van der Waals surface area (Å²) in [5, 5.41) is 42.4. The molecule has 0 saturated carbocycles. The molecule has 1 heterocycles. The SMILES string of the molecule is COc1ccc(C/C(=N\OS(=O)(=O)O)S[C@H]2O[C@H](CO)[C@@H](O)[C@H](O)[C@H]2O)cc1. The van der Waals surface area contributed by atoms with Crippen LogP contribution in [0.15, 0.2) is 29.4 Å². The van der Waals surface area contributed by atoms with Crippen molar-refractivity contribution in [2.75, 3.05) is 13.7 Å². The first-order valence-corrected chi connectivity index (χ1v) is 10.2. The molecule has 1 aliphatic heterocycles. The number of hydrogen-bond donors (Lipinski definition) is 5. The predicted octanol–water partition coefficient (Wildman–Crippen LogP) is -1.10. The Balaban J connectivity index is 2.20. The third-order valence-electron chi connectivity index (χ3n) is 3.85. The molecule has 1 aliphatic rings. The molecule has 1 saturated heterocycles. The van der Waals surface area contributed by atoms with Crippen molar-refractivity contribution in [2.45, 2.75) is 36.3 Å². The van der Waals surface area contributed by atoms with Crippen LogP contribution in [0, 0.1) is 0 Å². The first kappa shape index (κ1) is 22.8. The molecule has 11 nitrogen and oxygen atoms in total. The molecule has 0 aromatic heterocycles. The number of hydrogen-bond acceptors (Lipinski definition) is 11. The average molecular weight is 439 g/mol. The molecule has 5 N–H and O–H groups in total. The lowest BCUT2D eigenvalue weighted by Gasteiger charge is -2.39. The van der Waals surface area contributed by atoms with Crippen LogP contribution in [0.4, 0.5) is 0 Å².